The third-order valence-corrected chi connectivity index (χ3v) is 4.88. The van der Waals surface area contributed by atoms with Gasteiger partial charge in [-0.2, -0.15) is 0 Å². The average Bonchev–Trinajstić information content (AvgIpc) is 2.63. The van der Waals surface area contributed by atoms with Crippen molar-refractivity contribution in [1.82, 2.24) is 9.62 Å². The minimum atomic E-state index is -3.27. The monoisotopic (exact) mass is 384 g/mol. The molecule has 8 heteroatoms. The van der Waals surface area contributed by atoms with Gasteiger partial charge < -0.3 is 14.4 Å². The van der Waals surface area contributed by atoms with Crippen LogP contribution >= 0.6 is 0 Å². The lowest BCUT2D eigenvalue weighted by Gasteiger charge is -2.35. The summed E-state index contributed by atoms with van der Waals surface area (Å²) >= 11 is 0. The van der Waals surface area contributed by atoms with Gasteiger partial charge in [0.2, 0.25) is 10.0 Å². The molecule has 1 aliphatic rings. The Morgan fingerprint density at radius 3 is 2.46 bits per heavy atom. The topological polar surface area (TPSA) is 84.9 Å². The summed E-state index contributed by atoms with van der Waals surface area (Å²) in [5.74, 6) is 1.25. The van der Waals surface area contributed by atoms with Crippen molar-refractivity contribution in [3.05, 3.63) is 24.3 Å². The second-order valence-electron chi connectivity index (χ2n) is 6.47. The molecule has 146 valence electrons. The van der Waals surface area contributed by atoms with Gasteiger partial charge in [0.05, 0.1) is 12.9 Å². The first-order valence-corrected chi connectivity index (χ1v) is 10.9. The molecule has 1 fully saturated rings. The molecule has 0 aromatic heterocycles. The summed E-state index contributed by atoms with van der Waals surface area (Å²) in [6.45, 7) is 3.51. The van der Waals surface area contributed by atoms with Crippen LogP contribution in [0.15, 0.2) is 24.3 Å². The average molecular weight is 384 g/mol. The Morgan fingerprint density at radius 2 is 1.85 bits per heavy atom. The molecule has 1 unspecified atom stereocenters. The molecule has 7 nitrogen and oxygen atoms in total. The highest BCUT2D eigenvalue weighted by Gasteiger charge is 2.27. The number of carbonyl (C=O) groups excluding carboxylic acids is 1. The quantitative estimate of drug-likeness (QED) is 0.702. The number of hydrogen-bond acceptors (Lipinski definition) is 5. The van der Waals surface area contributed by atoms with Crippen molar-refractivity contribution in [3.8, 4) is 11.5 Å². The van der Waals surface area contributed by atoms with E-state index in [1.54, 1.807) is 17.0 Å². The van der Waals surface area contributed by atoms with Gasteiger partial charge in [-0.3, -0.25) is 4.79 Å². The van der Waals surface area contributed by atoms with Gasteiger partial charge in [-0.15, -0.1) is 0 Å². The molecule has 0 aliphatic carbocycles. The van der Waals surface area contributed by atoms with Crippen LogP contribution in [0.2, 0.25) is 0 Å². The van der Waals surface area contributed by atoms with E-state index in [1.807, 2.05) is 19.1 Å². The standard InChI is InChI=1S/C18H28N2O5S/c1-3-12-24-16-7-9-17(10-8-16)25-14-18(21)20-11-5-4-6-15(20)13-19-26(2,22)23/h7-10,15,19H,3-6,11-14H2,1-2H3. The van der Waals surface area contributed by atoms with Crippen molar-refractivity contribution < 1.29 is 22.7 Å². The second kappa shape index (κ2) is 9.78. The molecular weight excluding hydrogens is 356 g/mol. The number of likely N-dealkylation sites (tertiary alicyclic amines) is 1. The Hall–Kier alpha value is -1.80. The van der Waals surface area contributed by atoms with E-state index in [2.05, 4.69) is 4.72 Å². The molecule has 1 aromatic rings. The molecule has 0 bridgehead atoms. The Balaban J connectivity index is 1.86. The third kappa shape index (κ3) is 6.84. The third-order valence-electron chi connectivity index (χ3n) is 4.19. The predicted molar refractivity (Wildman–Crippen MR) is 99.9 cm³/mol. The fraction of sp³-hybridized carbons (Fsp3) is 0.611. The molecule has 0 radical (unpaired) electrons. The largest absolute Gasteiger partial charge is 0.494 e. The van der Waals surface area contributed by atoms with Gasteiger partial charge in [-0.05, 0) is 49.9 Å². The van der Waals surface area contributed by atoms with E-state index in [0.717, 1.165) is 37.7 Å². The van der Waals surface area contributed by atoms with Crippen LogP contribution in [0.5, 0.6) is 11.5 Å². The van der Waals surface area contributed by atoms with Gasteiger partial charge in [0.15, 0.2) is 6.61 Å². The molecule has 0 spiro atoms. The van der Waals surface area contributed by atoms with Crippen molar-refractivity contribution in [2.24, 2.45) is 0 Å². The minimum Gasteiger partial charge on any atom is -0.494 e. The van der Waals surface area contributed by atoms with Gasteiger partial charge in [0, 0.05) is 19.1 Å². The zero-order valence-corrected chi connectivity index (χ0v) is 16.3. The van der Waals surface area contributed by atoms with E-state index < -0.39 is 10.0 Å². The summed E-state index contributed by atoms with van der Waals surface area (Å²) in [5.41, 5.74) is 0. The SMILES string of the molecule is CCCOc1ccc(OCC(=O)N2CCCCC2CNS(C)(=O)=O)cc1. The molecule has 1 aromatic carbocycles. The van der Waals surface area contributed by atoms with E-state index in [1.165, 1.54) is 0 Å². The van der Waals surface area contributed by atoms with Gasteiger partial charge in [-0.1, -0.05) is 6.92 Å². The fourth-order valence-corrected chi connectivity index (χ4v) is 3.36. The summed E-state index contributed by atoms with van der Waals surface area (Å²) in [5, 5.41) is 0. The molecule has 1 N–H and O–H groups in total. The summed E-state index contributed by atoms with van der Waals surface area (Å²) in [6, 6.07) is 7.05. The van der Waals surface area contributed by atoms with Crippen LogP contribution in [0.3, 0.4) is 0 Å². The maximum absolute atomic E-state index is 12.5. The normalized spacial score (nSPS) is 17.8. The second-order valence-corrected chi connectivity index (χ2v) is 8.30. The van der Waals surface area contributed by atoms with Gasteiger partial charge in [0.1, 0.15) is 11.5 Å². The number of nitrogens with zero attached hydrogens (tertiary/aromatic N) is 1. The van der Waals surface area contributed by atoms with E-state index >= 15 is 0 Å². The van der Waals surface area contributed by atoms with E-state index in [4.69, 9.17) is 9.47 Å². The number of sulfonamides is 1. The van der Waals surface area contributed by atoms with Gasteiger partial charge in [0.25, 0.3) is 5.91 Å². The lowest BCUT2D eigenvalue weighted by molar-refractivity contribution is -0.136. The summed E-state index contributed by atoms with van der Waals surface area (Å²) in [4.78, 5) is 14.2. The first-order valence-electron chi connectivity index (χ1n) is 8.99. The fourth-order valence-electron chi connectivity index (χ4n) is 2.87. The first-order chi connectivity index (χ1) is 12.4. The van der Waals surface area contributed by atoms with Crippen LogP contribution in [0, 0.1) is 0 Å². The number of ether oxygens (including phenoxy) is 2. The Labute approximate surface area is 155 Å². The Kier molecular flexibility index (Phi) is 7.71. The first kappa shape index (κ1) is 20.5. The lowest BCUT2D eigenvalue weighted by Crippen LogP contribution is -2.50. The number of piperidine rings is 1. The van der Waals surface area contributed by atoms with E-state index in [0.29, 0.717) is 18.9 Å². The molecular formula is C18H28N2O5S. The lowest BCUT2D eigenvalue weighted by atomic mass is 10.0. The minimum absolute atomic E-state index is 0.0649. The molecule has 1 aliphatic heterocycles. The van der Waals surface area contributed by atoms with Gasteiger partial charge in [-0.25, -0.2) is 13.1 Å². The summed E-state index contributed by atoms with van der Waals surface area (Å²) < 4.78 is 36.2. The van der Waals surface area contributed by atoms with Crippen LogP contribution in [0.4, 0.5) is 0 Å². The summed E-state index contributed by atoms with van der Waals surface area (Å²) in [7, 11) is -3.27. The number of amides is 1. The molecule has 1 heterocycles. The molecule has 1 amide bonds. The highest BCUT2D eigenvalue weighted by molar-refractivity contribution is 7.88. The zero-order chi connectivity index (χ0) is 19.0. The predicted octanol–water partition coefficient (Wildman–Crippen LogP) is 1.78. The highest BCUT2D eigenvalue weighted by Crippen LogP contribution is 2.20. The van der Waals surface area contributed by atoms with E-state index in [9.17, 15) is 13.2 Å². The molecule has 1 saturated heterocycles. The zero-order valence-electron chi connectivity index (χ0n) is 15.4. The molecule has 1 atom stereocenters. The van der Waals surface area contributed by atoms with Crippen LogP contribution in [-0.4, -0.2) is 57.8 Å². The number of rotatable bonds is 9. The van der Waals surface area contributed by atoms with E-state index in [-0.39, 0.29) is 25.1 Å². The molecule has 2 rings (SSSR count). The molecule has 0 saturated carbocycles. The van der Waals surface area contributed by atoms with Gasteiger partial charge >= 0.3 is 0 Å². The van der Waals surface area contributed by atoms with Crippen LogP contribution < -0.4 is 14.2 Å². The number of benzene rings is 1. The van der Waals surface area contributed by atoms with Crippen molar-refractivity contribution in [1.29, 1.82) is 0 Å². The number of nitrogens with one attached hydrogen (secondary N) is 1. The maximum Gasteiger partial charge on any atom is 0.260 e. The van der Waals surface area contributed by atoms with Crippen LogP contribution in [0.1, 0.15) is 32.6 Å². The number of carbonyl (C=O) groups is 1. The van der Waals surface area contributed by atoms with Crippen molar-refractivity contribution in [2.75, 3.05) is 32.6 Å². The Morgan fingerprint density at radius 1 is 1.19 bits per heavy atom. The summed E-state index contributed by atoms with van der Waals surface area (Å²) in [6.07, 6.45) is 4.76. The van der Waals surface area contributed by atoms with Crippen molar-refractivity contribution in [3.63, 3.8) is 0 Å². The molecule has 26 heavy (non-hydrogen) atoms. The van der Waals surface area contributed by atoms with Crippen molar-refractivity contribution in [2.45, 2.75) is 38.6 Å². The maximum atomic E-state index is 12.5. The Bertz CT molecular complexity index is 675. The number of hydrogen-bond donors (Lipinski definition) is 1. The smallest absolute Gasteiger partial charge is 0.260 e. The van der Waals surface area contributed by atoms with Crippen LogP contribution in [-0.2, 0) is 14.8 Å². The van der Waals surface area contributed by atoms with Crippen molar-refractivity contribution >= 4 is 15.9 Å². The highest BCUT2D eigenvalue weighted by atomic mass is 32.2. The van der Waals surface area contributed by atoms with Crippen LogP contribution in [0.25, 0.3) is 0 Å².